The number of hydrogen-bond acceptors (Lipinski definition) is 5. The molecule has 0 aromatic carbocycles. The summed E-state index contributed by atoms with van der Waals surface area (Å²) in [6.07, 6.45) is 0.423. The van der Waals surface area contributed by atoms with E-state index in [4.69, 9.17) is 5.11 Å². The fourth-order valence-electron chi connectivity index (χ4n) is 1.68. The van der Waals surface area contributed by atoms with Gasteiger partial charge in [-0.15, -0.1) is 11.8 Å². The van der Waals surface area contributed by atoms with Gasteiger partial charge in [-0.2, -0.15) is 5.10 Å². The van der Waals surface area contributed by atoms with Crippen molar-refractivity contribution in [2.45, 2.75) is 37.9 Å². The zero-order valence-electron chi connectivity index (χ0n) is 11.3. The first kappa shape index (κ1) is 15.5. The minimum Gasteiger partial charge on any atom is -0.394 e. The summed E-state index contributed by atoms with van der Waals surface area (Å²) in [5, 5.41) is 27.1. The maximum Gasteiger partial charge on any atom is 0.0985 e. The van der Waals surface area contributed by atoms with Crippen LogP contribution in [-0.2, 0) is 13.6 Å². The van der Waals surface area contributed by atoms with Crippen LogP contribution in [0.2, 0.25) is 0 Å². The van der Waals surface area contributed by atoms with Crippen molar-refractivity contribution in [3.63, 3.8) is 0 Å². The van der Waals surface area contributed by atoms with Gasteiger partial charge in [-0.3, -0.25) is 4.68 Å². The lowest BCUT2D eigenvalue weighted by Gasteiger charge is -2.09. The minimum absolute atomic E-state index is 0.201. The standard InChI is InChI=1S/C12H23N3O2S/c1-4-5-13-6-11-9(2)14-15(3)12(11)18-8-10(17)7-16/h10,13,16-17H,4-8H2,1-3H3. The number of hydrogen-bond donors (Lipinski definition) is 3. The lowest BCUT2D eigenvalue weighted by atomic mass is 10.2. The highest BCUT2D eigenvalue weighted by atomic mass is 32.2. The molecular formula is C12H23N3O2S. The van der Waals surface area contributed by atoms with Crippen LogP contribution in [0.4, 0.5) is 0 Å². The van der Waals surface area contributed by atoms with Crippen LogP contribution in [0.5, 0.6) is 0 Å². The normalized spacial score (nSPS) is 12.9. The molecule has 6 heteroatoms. The van der Waals surface area contributed by atoms with Crippen molar-refractivity contribution in [3.8, 4) is 0 Å². The summed E-state index contributed by atoms with van der Waals surface area (Å²) in [6.45, 7) is 5.71. The van der Waals surface area contributed by atoms with Crippen molar-refractivity contribution in [2.24, 2.45) is 7.05 Å². The van der Waals surface area contributed by atoms with E-state index in [1.165, 1.54) is 17.3 Å². The van der Waals surface area contributed by atoms with Crippen LogP contribution in [0.3, 0.4) is 0 Å². The summed E-state index contributed by atoms with van der Waals surface area (Å²) in [7, 11) is 1.91. The van der Waals surface area contributed by atoms with Crippen molar-refractivity contribution < 1.29 is 10.2 Å². The van der Waals surface area contributed by atoms with Crippen molar-refractivity contribution >= 4 is 11.8 Å². The Bertz CT molecular complexity index is 368. The fourth-order valence-corrected chi connectivity index (χ4v) is 2.76. The number of aliphatic hydroxyl groups is 2. The van der Waals surface area contributed by atoms with Crippen molar-refractivity contribution in [1.29, 1.82) is 0 Å². The molecule has 0 bridgehead atoms. The van der Waals surface area contributed by atoms with Gasteiger partial charge in [-0.1, -0.05) is 6.92 Å². The van der Waals surface area contributed by atoms with Crippen LogP contribution in [0.15, 0.2) is 5.03 Å². The van der Waals surface area contributed by atoms with Gasteiger partial charge in [-0.25, -0.2) is 0 Å². The van der Waals surface area contributed by atoms with E-state index in [1.807, 2.05) is 18.7 Å². The van der Waals surface area contributed by atoms with Gasteiger partial charge in [0.05, 0.1) is 23.4 Å². The molecule has 0 saturated carbocycles. The molecule has 0 saturated heterocycles. The second kappa shape index (κ2) is 7.78. The molecular weight excluding hydrogens is 250 g/mol. The SMILES string of the molecule is CCCNCc1c(C)nn(C)c1SCC(O)CO. The quantitative estimate of drug-likeness (QED) is 0.480. The van der Waals surface area contributed by atoms with Crippen molar-refractivity contribution in [3.05, 3.63) is 11.3 Å². The van der Waals surface area contributed by atoms with E-state index in [-0.39, 0.29) is 6.61 Å². The Morgan fingerprint density at radius 3 is 2.83 bits per heavy atom. The summed E-state index contributed by atoms with van der Waals surface area (Å²) in [5.41, 5.74) is 2.20. The van der Waals surface area contributed by atoms with Crippen LogP contribution in [0.1, 0.15) is 24.6 Å². The number of thioether (sulfide) groups is 1. The lowest BCUT2D eigenvalue weighted by Crippen LogP contribution is -2.17. The number of aliphatic hydroxyl groups excluding tert-OH is 2. The van der Waals surface area contributed by atoms with Gasteiger partial charge < -0.3 is 15.5 Å². The molecule has 104 valence electrons. The maximum absolute atomic E-state index is 9.41. The molecule has 0 fully saturated rings. The van der Waals surface area contributed by atoms with Crippen LogP contribution in [0.25, 0.3) is 0 Å². The van der Waals surface area contributed by atoms with Crippen LogP contribution < -0.4 is 5.32 Å². The van der Waals surface area contributed by atoms with Gasteiger partial charge in [0.25, 0.3) is 0 Å². The van der Waals surface area contributed by atoms with E-state index < -0.39 is 6.10 Å². The van der Waals surface area contributed by atoms with Gasteiger partial charge in [0.1, 0.15) is 0 Å². The largest absolute Gasteiger partial charge is 0.394 e. The summed E-state index contributed by atoms with van der Waals surface area (Å²) >= 11 is 1.54. The summed E-state index contributed by atoms with van der Waals surface area (Å²) in [4.78, 5) is 0. The highest BCUT2D eigenvalue weighted by Gasteiger charge is 2.14. The fraction of sp³-hybridized carbons (Fsp3) is 0.750. The molecule has 3 N–H and O–H groups in total. The van der Waals surface area contributed by atoms with Gasteiger partial charge >= 0.3 is 0 Å². The Morgan fingerprint density at radius 1 is 1.50 bits per heavy atom. The molecule has 0 aliphatic heterocycles. The third kappa shape index (κ3) is 4.28. The molecule has 0 radical (unpaired) electrons. The van der Waals surface area contributed by atoms with E-state index in [0.29, 0.717) is 5.75 Å². The second-order valence-corrected chi connectivity index (χ2v) is 5.33. The van der Waals surface area contributed by atoms with Crippen LogP contribution >= 0.6 is 11.8 Å². The monoisotopic (exact) mass is 273 g/mol. The Kier molecular flexibility index (Phi) is 6.70. The number of nitrogens with zero attached hydrogens (tertiary/aromatic N) is 2. The molecule has 5 nitrogen and oxygen atoms in total. The van der Waals surface area contributed by atoms with Crippen LogP contribution in [0, 0.1) is 6.92 Å². The molecule has 0 amide bonds. The highest BCUT2D eigenvalue weighted by molar-refractivity contribution is 7.99. The summed E-state index contributed by atoms with van der Waals surface area (Å²) < 4.78 is 1.84. The maximum atomic E-state index is 9.41. The van der Waals surface area contributed by atoms with Gasteiger partial charge in [0.2, 0.25) is 0 Å². The first-order valence-corrected chi connectivity index (χ1v) is 7.23. The smallest absolute Gasteiger partial charge is 0.0985 e. The first-order chi connectivity index (χ1) is 8.60. The van der Waals surface area contributed by atoms with E-state index in [1.54, 1.807) is 0 Å². The average molecular weight is 273 g/mol. The van der Waals surface area contributed by atoms with Gasteiger partial charge in [-0.05, 0) is 19.9 Å². The third-order valence-electron chi connectivity index (χ3n) is 2.64. The van der Waals surface area contributed by atoms with Crippen molar-refractivity contribution in [1.82, 2.24) is 15.1 Å². The summed E-state index contributed by atoms with van der Waals surface area (Å²) in [5.74, 6) is 0.482. The van der Waals surface area contributed by atoms with Gasteiger partial charge in [0.15, 0.2) is 0 Å². The Hall–Kier alpha value is -0.560. The molecule has 0 aliphatic rings. The van der Waals surface area contributed by atoms with E-state index in [2.05, 4.69) is 17.3 Å². The third-order valence-corrected chi connectivity index (χ3v) is 3.98. The molecule has 1 unspecified atom stereocenters. The van der Waals surface area contributed by atoms with E-state index in [0.717, 1.165) is 30.2 Å². The number of rotatable bonds is 8. The predicted octanol–water partition coefficient (Wildman–Crippen LogP) is 0.673. The van der Waals surface area contributed by atoms with Crippen LogP contribution in [-0.4, -0.2) is 45.0 Å². The van der Waals surface area contributed by atoms with Crippen molar-refractivity contribution in [2.75, 3.05) is 18.9 Å². The number of aryl methyl sites for hydroxylation is 2. The zero-order chi connectivity index (χ0) is 13.5. The minimum atomic E-state index is -0.679. The molecule has 1 heterocycles. The number of aromatic nitrogens is 2. The summed E-state index contributed by atoms with van der Waals surface area (Å²) in [6, 6.07) is 0. The molecule has 1 aromatic heterocycles. The Morgan fingerprint density at radius 2 is 2.22 bits per heavy atom. The van der Waals surface area contributed by atoms with Gasteiger partial charge in [0, 0.05) is 24.9 Å². The average Bonchev–Trinajstić information content (AvgIpc) is 2.61. The Balaban J connectivity index is 2.69. The lowest BCUT2D eigenvalue weighted by molar-refractivity contribution is 0.113. The molecule has 1 rings (SSSR count). The Labute approximate surface area is 113 Å². The highest BCUT2D eigenvalue weighted by Crippen LogP contribution is 2.25. The van der Waals surface area contributed by atoms with E-state index >= 15 is 0 Å². The topological polar surface area (TPSA) is 70.3 Å². The number of nitrogens with one attached hydrogen (secondary N) is 1. The molecule has 1 aromatic rings. The molecule has 1 atom stereocenters. The van der Waals surface area contributed by atoms with E-state index in [9.17, 15) is 5.11 Å². The molecule has 0 spiro atoms. The predicted molar refractivity (Wildman–Crippen MR) is 73.8 cm³/mol. The zero-order valence-corrected chi connectivity index (χ0v) is 12.1. The molecule has 18 heavy (non-hydrogen) atoms. The first-order valence-electron chi connectivity index (χ1n) is 6.25. The molecule has 0 aliphatic carbocycles. The second-order valence-electron chi connectivity index (χ2n) is 4.32.